The number of carbonyl (C=O) groups is 1. The first-order valence-electron chi connectivity index (χ1n) is 6.94. The van der Waals surface area contributed by atoms with Crippen molar-refractivity contribution >= 4 is 29.1 Å². The maximum atomic E-state index is 12.2. The standard InChI is InChI=1S/C17H17Cl2NO2/c1-11(13-3-5-14(18)6-4-13)20-17(21)12(2)22-16-9-7-15(19)8-10-16/h3-12H,1-2H3,(H,20,21)/t11-,12+/m1/s1. The molecule has 5 heteroatoms. The van der Waals surface area contributed by atoms with Crippen LogP contribution in [0.25, 0.3) is 0 Å². The van der Waals surface area contributed by atoms with Crippen molar-refractivity contribution in [3.05, 3.63) is 64.1 Å². The first kappa shape index (κ1) is 16.7. The maximum absolute atomic E-state index is 12.2. The molecule has 0 saturated heterocycles. The van der Waals surface area contributed by atoms with Crippen molar-refractivity contribution in [3.8, 4) is 5.75 Å². The topological polar surface area (TPSA) is 38.3 Å². The summed E-state index contributed by atoms with van der Waals surface area (Å²) in [6, 6.07) is 14.1. The molecule has 0 aliphatic rings. The number of halogens is 2. The van der Waals surface area contributed by atoms with Crippen LogP contribution in [-0.2, 0) is 4.79 Å². The predicted molar refractivity (Wildman–Crippen MR) is 89.6 cm³/mol. The van der Waals surface area contributed by atoms with E-state index in [2.05, 4.69) is 5.32 Å². The Labute approximate surface area is 140 Å². The van der Waals surface area contributed by atoms with Crippen molar-refractivity contribution in [2.45, 2.75) is 26.0 Å². The van der Waals surface area contributed by atoms with Crippen LogP contribution in [0.15, 0.2) is 48.5 Å². The molecular formula is C17H17Cl2NO2. The highest BCUT2D eigenvalue weighted by atomic mass is 35.5. The van der Waals surface area contributed by atoms with Crippen molar-refractivity contribution in [1.29, 1.82) is 0 Å². The molecule has 2 aromatic carbocycles. The minimum Gasteiger partial charge on any atom is -0.481 e. The lowest BCUT2D eigenvalue weighted by Crippen LogP contribution is -2.37. The Bertz CT molecular complexity index is 626. The van der Waals surface area contributed by atoms with Crippen molar-refractivity contribution in [2.24, 2.45) is 0 Å². The van der Waals surface area contributed by atoms with Gasteiger partial charge in [0.2, 0.25) is 0 Å². The van der Waals surface area contributed by atoms with Gasteiger partial charge in [0.1, 0.15) is 5.75 Å². The van der Waals surface area contributed by atoms with Gasteiger partial charge in [-0.1, -0.05) is 35.3 Å². The third-order valence-corrected chi connectivity index (χ3v) is 3.73. The largest absolute Gasteiger partial charge is 0.481 e. The molecule has 1 N–H and O–H groups in total. The normalized spacial score (nSPS) is 13.3. The van der Waals surface area contributed by atoms with E-state index in [4.69, 9.17) is 27.9 Å². The van der Waals surface area contributed by atoms with Gasteiger partial charge in [-0.25, -0.2) is 0 Å². The number of amides is 1. The van der Waals surface area contributed by atoms with E-state index in [1.807, 2.05) is 19.1 Å². The molecule has 0 fully saturated rings. The highest BCUT2D eigenvalue weighted by Crippen LogP contribution is 2.18. The van der Waals surface area contributed by atoms with Crippen LogP contribution in [0.2, 0.25) is 10.0 Å². The summed E-state index contributed by atoms with van der Waals surface area (Å²) in [5, 5.41) is 4.21. The third-order valence-electron chi connectivity index (χ3n) is 3.22. The van der Waals surface area contributed by atoms with Gasteiger partial charge in [-0.2, -0.15) is 0 Å². The fourth-order valence-electron chi connectivity index (χ4n) is 1.94. The number of rotatable bonds is 5. The average Bonchev–Trinajstić information content (AvgIpc) is 2.50. The Morgan fingerprint density at radius 2 is 1.45 bits per heavy atom. The molecular weight excluding hydrogens is 321 g/mol. The van der Waals surface area contributed by atoms with Gasteiger partial charge in [0.25, 0.3) is 5.91 Å². The summed E-state index contributed by atoms with van der Waals surface area (Å²) < 4.78 is 5.60. The smallest absolute Gasteiger partial charge is 0.261 e. The Morgan fingerprint density at radius 1 is 0.955 bits per heavy atom. The van der Waals surface area contributed by atoms with Gasteiger partial charge in [0.15, 0.2) is 6.10 Å². The number of hydrogen-bond donors (Lipinski definition) is 1. The van der Waals surface area contributed by atoms with E-state index < -0.39 is 6.10 Å². The molecule has 1 amide bonds. The number of hydrogen-bond acceptors (Lipinski definition) is 2. The van der Waals surface area contributed by atoms with Crippen molar-refractivity contribution in [2.75, 3.05) is 0 Å². The second-order valence-corrected chi connectivity index (χ2v) is 5.87. The minimum absolute atomic E-state index is 0.124. The Hall–Kier alpha value is -1.71. The summed E-state index contributed by atoms with van der Waals surface area (Å²) >= 11 is 11.7. The summed E-state index contributed by atoms with van der Waals surface area (Å²) in [6.45, 7) is 3.62. The lowest BCUT2D eigenvalue weighted by atomic mass is 10.1. The minimum atomic E-state index is -0.601. The molecule has 0 spiro atoms. The van der Waals surface area contributed by atoms with Crippen molar-refractivity contribution in [1.82, 2.24) is 5.32 Å². The summed E-state index contributed by atoms with van der Waals surface area (Å²) in [7, 11) is 0. The van der Waals surface area contributed by atoms with Crippen LogP contribution in [0, 0.1) is 0 Å². The molecule has 0 radical (unpaired) electrons. The van der Waals surface area contributed by atoms with E-state index in [9.17, 15) is 4.79 Å². The van der Waals surface area contributed by atoms with Crippen LogP contribution in [0.4, 0.5) is 0 Å². The highest BCUT2D eigenvalue weighted by molar-refractivity contribution is 6.30. The summed E-state index contributed by atoms with van der Waals surface area (Å²) in [4.78, 5) is 12.2. The monoisotopic (exact) mass is 337 g/mol. The van der Waals surface area contributed by atoms with E-state index in [1.165, 1.54) is 0 Å². The van der Waals surface area contributed by atoms with E-state index >= 15 is 0 Å². The van der Waals surface area contributed by atoms with E-state index in [1.54, 1.807) is 43.3 Å². The molecule has 3 nitrogen and oxygen atoms in total. The fourth-order valence-corrected chi connectivity index (χ4v) is 2.19. The van der Waals surface area contributed by atoms with Gasteiger partial charge in [-0.3, -0.25) is 4.79 Å². The third kappa shape index (κ3) is 4.65. The number of benzene rings is 2. The van der Waals surface area contributed by atoms with Gasteiger partial charge in [0, 0.05) is 10.0 Å². The maximum Gasteiger partial charge on any atom is 0.261 e. The van der Waals surface area contributed by atoms with Crippen LogP contribution in [0.3, 0.4) is 0 Å². The van der Waals surface area contributed by atoms with E-state index in [-0.39, 0.29) is 11.9 Å². The van der Waals surface area contributed by atoms with Crippen molar-refractivity contribution < 1.29 is 9.53 Å². The Kier molecular flexibility index (Phi) is 5.69. The first-order valence-corrected chi connectivity index (χ1v) is 7.69. The second kappa shape index (κ2) is 7.52. The molecule has 22 heavy (non-hydrogen) atoms. The van der Waals surface area contributed by atoms with Crippen LogP contribution in [-0.4, -0.2) is 12.0 Å². The number of nitrogens with one attached hydrogen (secondary N) is 1. The van der Waals surface area contributed by atoms with Crippen LogP contribution in [0.5, 0.6) is 5.75 Å². The van der Waals surface area contributed by atoms with Crippen molar-refractivity contribution in [3.63, 3.8) is 0 Å². The van der Waals surface area contributed by atoms with E-state index in [0.717, 1.165) is 5.56 Å². The summed E-state index contributed by atoms with van der Waals surface area (Å²) in [5.74, 6) is 0.420. The molecule has 0 saturated carbocycles. The van der Waals surface area contributed by atoms with Gasteiger partial charge >= 0.3 is 0 Å². The molecule has 2 atom stereocenters. The SMILES string of the molecule is C[C@H](Oc1ccc(Cl)cc1)C(=O)N[C@H](C)c1ccc(Cl)cc1. The van der Waals surface area contributed by atoms with Gasteiger partial charge in [0.05, 0.1) is 6.04 Å². The molecule has 2 aromatic rings. The Balaban J connectivity index is 1.93. The zero-order valence-electron chi connectivity index (χ0n) is 12.3. The zero-order chi connectivity index (χ0) is 16.1. The quantitative estimate of drug-likeness (QED) is 0.863. The lowest BCUT2D eigenvalue weighted by molar-refractivity contribution is -0.127. The van der Waals surface area contributed by atoms with Crippen LogP contribution >= 0.6 is 23.2 Å². The summed E-state index contributed by atoms with van der Waals surface area (Å²) in [6.07, 6.45) is -0.601. The van der Waals surface area contributed by atoms with Crippen LogP contribution < -0.4 is 10.1 Å². The number of carbonyl (C=O) groups excluding carboxylic acids is 1. The molecule has 116 valence electrons. The van der Waals surface area contributed by atoms with Crippen LogP contribution in [0.1, 0.15) is 25.5 Å². The molecule has 0 heterocycles. The Morgan fingerprint density at radius 3 is 2.00 bits per heavy atom. The van der Waals surface area contributed by atoms with E-state index in [0.29, 0.717) is 15.8 Å². The first-order chi connectivity index (χ1) is 10.5. The average molecular weight is 338 g/mol. The zero-order valence-corrected chi connectivity index (χ0v) is 13.9. The van der Waals surface area contributed by atoms with Gasteiger partial charge in [-0.15, -0.1) is 0 Å². The molecule has 0 aliphatic heterocycles. The highest BCUT2D eigenvalue weighted by Gasteiger charge is 2.17. The van der Waals surface area contributed by atoms with Gasteiger partial charge < -0.3 is 10.1 Å². The molecule has 0 aliphatic carbocycles. The second-order valence-electron chi connectivity index (χ2n) is 5.00. The molecule has 2 rings (SSSR count). The van der Waals surface area contributed by atoms with Gasteiger partial charge in [-0.05, 0) is 55.8 Å². The number of ether oxygens (including phenoxy) is 1. The fraction of sp³-hybridized carbons (Fsp3) is 0.235. The predicted octanol–water partition coefficient (Wildman–Crippen LogP) is 4.64. The lowest BCUT2D eigenvalue weighted by Gasteiger charge is -2.19. The molecule has 0 bridgehead atoms. The molecule has 0 aromatic heterocycles. The molecule has 0 unspecified atom stereocenters. The summed E-state index contributed by atoms with van der Waals surface area (Å²) in [5.41, 5.74) is 0.983.